The van der Waals surface area contributed by atoms with E-state index in [2.05, 4.69) is 11.9 Å². The minimum absolute atomic E-state index is 0.263. The second-order valence-corrected chi connectivity index (χ2v) is 7.10. The zero-order valence-corrected chi connectivity index (χ0v) is 16.5. The molecule has 0 amide bonds. The molecule has 2 aromatic carbocycles. The summed E-state index contributed by atoms with van der Waals surface area (Å²) in [5.74, 6) is 0.713. The Morgan fingerprint density at radius 3 is 2.41 bits per heavy atom. The Hall–Kier alpha value is -2.23. The molecule has 138 valence electrons. The van der Waals surface area contributed by atoms with Crippen molar-refractivity contribution in [3.05, 3.63) is 82.1 Å². The highest BCUT2D eigenvalue weighted by atomic mass is 35.5. The standard InChI is InChI=1S/C22H20Cl2N2O/c1-2-20-12-21(26-22(25-20)17-4-3-5-19(24)11-17)10-15-6-8-16(9-7-15)18(13-23)14-27/h3-9,11-12,14,18H,2,10,13H2,1H3. The van der Waals surface area contributed by atoms with Gasteiger partial charge in [0.15, 0.2) is 5.82 Å². The van der Waals surface area contributed by atoms with Crippen LogP contribution in [0.3, 0.4) is 0 Å². The second-order valence-electron chi connectivity index (χ2n) is 6.35. The van der Waals surface area contributed by atoms with Crippen LogP contribution in [0.2, 0.25) is 5.02 Å². The predicted molar refractivity (Wildman–Crippen MR) is 111 cm³/mol. The SMILES string of the molecule is CCc1cc(Cc2ccc(C(C=O)CCl)cc2)nc(-c2cccc(Cl)c2)n1. The summed E-state index contributed by atoms with van der Waals surface area (Å²) >= 11 is 11.9. The average Bonchev–Trinajstić information content (AvgIpc) is 2.70. The highest BCUT2D eigenvalue weighted by molar-refractivity contribution is 6.30. The van der Waals surface area contributed by atoms with Crippen molar-refractivity contribution in [3.63, 3.8) is 0 Å². The van der Waals surface area contributed by atoms with E-state index >= 15 is 0 Å². The molecule has 0 saturated heterocycles. The quantitative estimate of drug-likeness (QED) is 0.391. The fourth-order valence-electron chi connectivity index (χ4n) is 2.88. The molecule has 0 spiro atoms. The Bertz CT molecular complexity index is 926. The molecule has 0 fully saturated rings. The third kappa shape index (κ3) is 4.94. The number of aromatic nitrogens is 2. The summed E-state index contributed by atoms with van der Waals surface area (Å²) in [6, 6.07) is 17.6. The number of aldehydes is 1. The van der Waals surface area contributed by atoms with Gasteiger partial charge in [0.2, 0.25) is 0 Å². The Labute approximate surface area is 169 Å². The summed E-state index contributed by atoms with van der Waals surface area (Å²) in [5.41, 5.74) is 4.91. The van der Waals surface area contributed by atoms with Gasteiger partial charge in [0, 0.05) is 34.3 Å². The third-order valence-corrected chi connectivity index (χ3v) is 4.97. The highest BCUT2D eigenvalue weighted by Gasteiger charge is 2.10. The summed E-state index contributed by atoms with van der Waals surface area (Å²) < 4.78 is 0. The van der Waals surface area contributed by atoms with Crippen LogP contribution >= 0.6 is 23.2 Å². The van der Waals surface area contributed by atoms with Gasteiger partial charge in [-0.05, 0) is 35.7 Å². The van der Waals surface area contributed by atoms with Crippen molar-refractivity contribution >= 4 is 29.5 Å². The lowest BCUT2D eigenvalue weighted by atomic mass is 9.99. The molecule has 5 heteroatoms. The fraction of sp³-hybridized carbons (Fsp3) is 0.227. The smallest absolute Gasteiger partial charge is 0.159 e. The Balaban J connectivity index is 1.88. The van der Waals surface area contributed by atoms with Gasteiger partial charge in [-0.2, -0.15) is 0 Å². The Morgan fingerprint density at radius 1 is 1.04 bits per heavy atom. The summed E-state index contributed by atoms with van der Waals surface area (Å²) in [6.07, 6.45) is 2.41. The van der Waals surface area contributed by atoms with E-state index in [-0.39, 0.29) is 11.8 Å². The number of carbonyl (C=O) groups is 1. The van der Waals surface area contributed by atoms with E-state index in [0.29, 0.717) is 17.3 Å². The largest absolute Gasteiger partial charge is 0.303 e. The molecule has 1 atom stereocenters. The van der Waals surface area contributed by atoms with Crippen LogP contribution in [-0.2, 0) is 17.6 Å². The minimum Gasteiger partial charge on any atom is -0.303 e. The fourth-order valence-corrected chi connectivity index (χ4v) is 3.32. The number of nitrogens with zero attached hydrogens (tertiary/aromatic N) is 2. The molecule has 3 aromatic rings. The lowest BCUT2D eigenvalue weighted by Gasteiger charge is -2.10. The lowest BCUT2D eigenvalue weighted by Crippen LogP contribution is -2.03. The van der Waals surface area contributed by atoms with E-state index in [1.807, 2.05) is 54.6 Å². The van der Waals surface area contributed by atoms with Crippen molar-refractivity contribution in [1.29, 1.82) is 0 Å². The molecule has 27 heavy (non-hydrogen) atoms. The molecule has 1 aromatic heterocycles. The van der Waals surface area contributed by atoms with Crippen LogP contribution in [0.5, 0.6) is 0 Å². The maximum Gasteiger partial charge on any atom is 0.159 e. The molecule has 0 aliphatic rings. The van der Waals surface area contributed by atoms with E-state index in [0.717, 1.165) is 40.8 Å². The van der Waals surface area contributed by atoms with Crippen molar-refractivity contribution < 1.29 is 4.79 Å². The van der Waals surface area contributed by atoms with Gasteiger partial charge < -0.3 is 4.79 Å². The van der Waals surface area contributed by atoms with Crippen LogP contribution in [0.1, 0.15) is 35.4 Å². The van der Waals surface area contributed by atoms with E-state index in [1.165, 1.54) is 0 Å². The van der Waals surface area contributed by atoms with Crippen LogP contribution < -0.4 is 0 Å². The van der Waals surface area contributed by atoms with Crippen molar-refractivity contribution in [1.82, 2.24) is 9.97 Å². The molecule has 0 bridgehead atoms. The minimum atomic E-state index is -0.263. The summed E-state index contributed by atoms with van der Waals surface area (Å²) in [6.45, 7) is 2.08. The van der Waals surface area contributed by atoms with Gasteiger partial charge in [-0.15, -0.1) is 11.6 Å². The number of benzene rings is 2. The topological polar surface area (TPSA) is 42.9 Å². The second kappa shape index (κ2) is 9.12. The van der Waals surface area contributed by atoms with Crippen molar-refractivity contribution in [3.8, 4) is 11.4 Å². The van der Waals surface area contributed by atoms with Crippen molar-refractivity contribution in [2.45, 2.75) is 25.7 Å². The first-order chi connectivity index (χ1) is 13.1. The van der Waals surface area contributed by atoms with Gasteiger partial charge in [0.25, 0.3) is 0 Å². The maximum absolute atomic E-state index is 11.1. The van der Waals surface area contributed by atoms with E-state index in [4.69, 9.17) is 28.2 Å². The van der Waals surface area contributed by atoms with Crippen LogP contribution in [0.4, 0.5) is 0 Å². The van der Waals surface area contributed by atoms with Gasteiger partial charge in [0.1, 0.15) is 6.29 Å². The van der Waals surface area contributed by atoms with Crippen LogP contribution in [0.25, 0.3) is 11.4 Å². The molecule has 0 aliphatic carbocycles. The molecule has 0 N–H and O–H groups in total. The number of hydrogen-bond acceptors (Lipinski definition) is 3. The Kier molecular flexibility index (Phi) is 6.59. The number of carbonyl (C=O) groups excluding carboxylic acids is 1. The van der Waals surface area contributed by atoms with Crippen molar-refractivity contribution in [2.24, 2.45) is 0 Å². The monoisotopic (exact) mass is 398 g/mol. The number of rotatable bonds is 7. The van der Waals surface area contributed by atoms with E-state index < -0.39 is 0 Å². The first-order valence-electron chi connectivity index (χ1n) is 8.85. The number of hydrogen-bond donors (Lipinski definition) is 0. The Morgan fingerprint density at radius 2 is 1.78 bits per heavy atom. The molecule has 0 saturated carbocycles. The van der Waals surface area contributed by atoms with Gasteiger partial charge in [-0.25, -0.2) is 9.97 Å². The van der Waals surface area contributed by atoms with Crippen LogP contribution in [0.15, 0.2) is 54.6 Å². The third-order valence-electron chi connectivity index (χ3n) is 4.40. The van der Waals surface area contributed by atoms with Gasteiger partial charge in [-0.1, -0.05) is 54.9 Å². The van der Waals surface area contributed by atoms with E-state index in [1.54, 1.807) is 0 Å². The summed E-state index contributed by atoms with van der Waals surface area (Å²) in [7, 11) is 0. The highest BCUT2D eigenvalue weighted by Crippen LogP contribution is 2.22. The number of aryl methyl sites for hydroxylation is 1. The molecule has 0 aliphatic heterocycles. The number of alkyl halides is 1. The molecule has 3 rings (SSSR count). The number of halogens is 2. The van der Waals surface area contributed by atoms with Gasteiger partial charge >= 0.3 is 0 Å². The van der Waals surface area contributed by atoms with Gasteiger partial charge in [0.05, 0.1) is 5.92 Å². The summed E-state index contributed by atoms with van der Waals surface area (Å²) in [4.78, 5) is 20.4. The molecular formula is C22H20Cl2N2O. The molecule has 1 unspecified atom stereocenters. The van der Waals surface area contributed by atoms with Gasteiger partial charge in [-0.3, -0.25) is 0 Å². The predicted octanol–water partition coefficient (Wildman–Crippen LogP) is 5.47. The van der Waals surface area contributed by atoms with E-state index in [9.17, 15) is 4.79 Å². The summed E-state index contributed by atoms with van der Waals surface area (Å²) in [5, 5.41) is 0.666. The van der Waals surface area contributed by atoms with Crippen LogP contribution in [0, 0.1) is 0 Å². The maximum atomic E-state index is 11.1. The lowest BCUT2D eigenvalue weighted by molar-refractivity contribution is -0.108. The first-order valence-corrected chi connectivity index (χ1v) is 9.77. The zero-order valence-electron chi connectivity index (χ0n) is 15.0. The molecular weight excluding hydrogens is 379 g/mol. The van der Waals surface area contributed by atoms with Crippen LogP contribution in [-0.4, -0.2) is 22.1 Å². The normalized spacial score (nSPS) is 12.0. The van der Waals surface area contributed by atoms with Crippen molar-refractivity contribution in [2.75, 3.05) is 5.88 Å². The first kappa shape index (κ1) is 19.5. The molecule has 0 radical (unpaired) electrons. The molecule has 1 heterocycles. The zero-order chi connectivity index (χ0) is 19.2. The average molecular weight is 399 g/mol. The molecule has 3 nitrogen and oxygen atoms in total.